The van der Waals surface area contributed by atoms with E-state index in [2.05, 4.69) is 0 Å². The monoisotopic (exact) mass is 122 g/mol. The standard InChI is InChI=1S/C5H7.Mn/c1-3-5-4-2;/h1,3-5H,2H3;/q-1;. The molecule has 0 aromatic rings. The maximum atomic E-state index is 4.93. The summed E-state index contributed by atoms with van der Waals surface area (Å²) < 4.78 is 0. The number of allylic oxidation sites excluding steroid dienone is 3. The molecule has 0 saturated carbocycles. The van der Waals surface area contributed by atoms with Crippen LogP contribution in [0.4, 0.5) is 0 Å². The largest absolute Gasteiger partial charge is 0.293 e. The predicted molar refractivity (Wildman–Crippen MR) is 23.7 cm³/mol. The molecule has 0 spiro atoms. The van der Waals surface area contributed by atoms with Gasteiger partial charge >= 0.3 is 0 Å². The van der Waals surface area contributed by atoms with E-state index in [0.717, 1.165) is 0 Å². The van der Waals surface area contributed by atoms with Gasteiger partial charge in [-0.3, -0.25) is 6.58 Å². The van der Waals surface area contributed by atoms with Gasteiger partial charge in [0.2, 0.25) is 0 Å². The molecule has 0 unspecified atom stereocenters. The van der Waals surface area contributed by atoms with E-state index in [1.54, 1.807) is 6.08 Å². The Morgan fingerprint density at radius 1 is 1.50 bits per heavy atom. The van der Waals surface area contributed by atoms with Crippen LogP contribution in [0, 0.1) is 6.58 Å². The van der Waals surface area contributed by atoms with E-state index in [1.165, 1.54) is 6.08 Å². The molecule has 0 rings (SSSR count). The summed E-state index contributed by atoms with van der Waals surface area (Å²) in [6.07, 6.45) is 5.15. The first-order chi connectivity index (χ1) is 2.41. The predicted octanol–water partition coefficient (Wildman–Crippen LogP) is 1.55. The second-order valence-electron chi connectivity index (χ2n) is 0.718. The number of hydrogen-bond donors (Lipinski definition) is 0. The van der Waals surface area contributed by atoms with Crippen LogP contribution in [0.15, 0.2) is 18.2 Å². The zero-order valence-electron chi connectivity index (χ0n) is 3.69. The fourth-order valence-electron chi connectivity index (χ4n) is 0.111. The minimum atomic E-state index is 0. The van der Waals surface area contributed by atoms with Gasteiger partial charge in [0.1, 0.15) is 0 Å². The molecule has 0 aromatic heterocycles. The summed E-state index contributed by atoms with van der Waals surface area (Å²) in [5.74, 6) is 0. The van der Waals surface area contributed by atoms with Gasteiger partial charge in [-0.25, -0.2) is 12.2 Å². The Morgan fingerprint density at radius 3 is 2.00 bits per heavy atom. The van der Waals surface area contributed by atoms with Crippen molar-refractivity contribution >= 4 is 0 Å². The van der Waals surface area contributed by atoms with Gasteiger partial charge in [-0.05, 0) is 0 Å². The molecule has 0 nitrogen and oxygen atoms in total. The van der Waals surface area contributed by atoms with E-state index in [-0.39, 0.29) is 17.1 Å². The Morgan fingerprint density at radius 2 is 2.00 bits per heavy atom. The molecule has 0 amide bonds. The van der Waals surface area contributed by atoms with Crippen molar-refractivity contribution in [3.63, 3.8) is 0 Å². The molecule has 35 valence electrons. The fourth-order valence-corrected chi connectivity index (χ4v) is 0.111. The first kappa shape index (κ1) is 9.37. The van der Waals surface area contributed by atoms with Crippen LogP contribution < -0.4 is 0 Å². The summed E-state index contributed by atoms with van der Waals surface area (Å²) in [5.41, 5.74) is 0. The zero-order chi connectivity index (χ0) is 4.12. The van der Waals surface area contributed by atoms with Crippen LogP contribution in [0.5, 0.6) is 0 Å². The molecular formula is C5H7Mn-. The Kier molecular flexibility index (Phi) is 13.9. The fraction of sp³-hybridized carbons (Fsp3) is 0.200. The summed E-state index contributed by atoms with van der Waals surface area (Å²) in [5, 5.41) is 0. The van der Waals surface area contributed by atoms with Crippen molar-refractivity contribution in [2.75, 3.05) is 0 Å². The molecule has 0 aliphatic rings. The Bertz CT molecular complexity index is 45.9. The third kappa shape index (κ3) is 9.00. The van der Waals surface area contributed by atoms with E-state index in [0.29, 0.717) is 0 Å². The minimum absolute atomic E-state index is 0. The molecule has 1 radical (unpaired) electrons. The maximum Gasteiger partial charge on any atom is 0 e. The van der Waals surface area contributed by atoms with Gasteiger partial charge in [0.25, 0.3) is 0 Å². The van der Waals surface area contributed by atoms with E-state index in [4.69, 9.17) is 6.58 Å². The van der Waals surface area contributed by atoms with Gasteiger partial charge in [-0.1, -0.05) is 6.92 Å². The van der Waals surface area contributed by atoms with Gasteiger partial charge in [-0.2, -0.15) is 6.08 Å². The van der Waals surface area contributed by atoms with Crippen LogP contribution in [-0.2, 0) is 17.1 Å². The van der Waals surface area contributed by atoms with Gasteiger partial charge < -0.3 is 0 Å². The molecule has 6 heavy (non-hydrogen) atoms. The van der Waals surface area contributed by atoms with E-state index in [1.807, 2.05) is 13.0 Å². The summed E-state index contributed by atoms with van der Waals surface area (Å²) >= 11 is 0. The number of rotatable bonds is 1. The van der Waals surface area contributed by atoms with Crippen LogP contribution in [0.25, 0.3) is 0 Å². The molecule has 0 heterocycles. The third-order valence-corrected chi connectivity index (χ3v) is 0.304. The molecule has 0 N–H and O–H groups in total. The molecule has 0 aromatic carbocycles. The molecule has 0 saturated heterocycles. The third-order valence-electron chi connectivity index (χ3n) is 0.304. The SMILES string of the molecule is [CH-]=CC=CC.[Mn]. The average Bonchev–Trinajstić information content (AvgIpc) is 1.41. The smallest absolute Gasteiger partial charge is 0 e. The summed E-state index contributed by atoms with van der Waals surface area (Å²) in [7, 11) is 0. The van der Waals surface area contributed by atoms with Crippen molar-refractivity contribution in [1.82, 2.24) is 0 Å². The van der Waals surface area contributed by atoms with E-state index in [9.17, 15) is 0 Å². The first-order valence-corrected chi connectivity index (χ1v) is 1.58. The Balaban J connectivity index is 0. The van der Waals surface area contributed by atoms with Crippen LogP contribution >= 0.6 is 0 Å². The summed E-state index contributed by atoms with van der Waals surface area (Å²) in [6, 6.07) is 0. The number of hydrogen-bond acceptors (Lipinski definition) is 0. The molecule has 1 heteroatoms. The molecule has 0 aliphatic carbocycles. The van der Waals surface area contributed by atoms with Crippen molar-refractivity contribution in [3.8, 4) is 0 Å². The van der Waals surface area contributed by atoms with Crippen LogP contribution in [-0.4, -0.2) is 0 Å². The second-order valence-corrected chi connectivity index (χ2v) is 0.718. The van der Waals surface area contributed by atoms with Gasteiger partial charge in [0.15, 0.2) is 0 Å². The minimum Gasteiger partial charge on any atom is -0.293 e. The van der Waals surface area contributed by atoms with Crippen molar-refractivity contribution in [1.29, 1.82) is 0 Å². The van der Waals surface area contributed by atoms with Crippen molar-refractivity contribution in [3.05, 3.63) is 24.8 Å². The summed E-state index contributed by atoms with van der Waals surface area (Å²) in [6.45, 7) is 6.85. The zero-order valence-corrected chi connectivity index (χ0v) is 4.87. The normalized spacial score (nSPS) is 7.50. The topological polar surface area (TPSA) is 0 Å². The molecule has 0 aliphatic heterocycles. The van der Waals surface area contributed by atoms with E-state index < -0.39 is 0 Å². The van der Waals surface area contributed by atoms with E-state index >= 15 is 0 Å². The molecular weight excluding hydrogens is 115 g/mol. The Hall–Kier alpha value is -0.000519. The maximum absolute atomic E-state index is 4.93. The van der Waals surface area contributed by atoms with Gasteiger partial charge in [-0.15, -0.1) is 0 Å². The quantitative estimate of drug-likeness (QED) is 0.281. The van der Waals surface area contributed by atoms with Crippen LogP contribution in [0.1, 0.15) is 6.92 Å². The molecule has 0 bridgehead atoms. The summed E-state index contributed by atoms with van der Waals surface area (Å²) in [4.78, 5) is 0. The Labute approximate surface area is 49.4 Å². The van der Waals surface area contributed by atoms with Crippen LogP contribution in [0.3, 0.4) is 0 Å². The first-order valence-electron chi connectivity index (χ1n) is 1.58. The van der Waals surface area contributed by atoms with Gasteiger partial charge in [0, 0.05) is 17.1 Å². The van der Waals surface area contributed by atoms with Crippen molar-refractivity contribution in [2.45, 2.75) is 6.92 Å². The second kappa shape index (κ2) is 8.89. The molecule has 0 atom stereocenters. The van der Waals surface area contributed by atoms with Crippen molar-refractivity contribution < 1.29 is 17.1 Å². The molecule has 0 fully saturated rings. The van der Waals surface area contributed by atoms with Crippen molar-refractivity contribution in [2.24, 2.45) is 0 Å². The average molecular weight is 122 g/mol. The van der Waals surface area contributed by atoms with Crippen LogP contribution in [0.2, 0.25) is 0 Å². The van der Waals surface area contributed by atoms with Gasteiger partial charge in [0.05, 0.1) is 0 Å².